The Morgan fingerprint density at radius 2 is 2.10 bits per heavy atom. The minimum Gasteiger partial charge on any atom is -0.356 e. The van der Waals surface area contributed by atoms with E-state index in [0.717, 1.165) is 30.2 Å². The van der Waals surface area contributed by atoms with Gasteiger partial charge in [-0.15, -0.1) is 0 Å². The lowest BCUT2D eigenvalue weighted by Crippen LogP contribution is -2.23. The Labute approximate surface area is 125 Å². The predicted molar refractivity (Wildman–Crippen MR) is 83.3 cm³/mol. The van der Waals surface area contributed by atoms with Gasteiger partial charge in [-0.2, -0.15) is 0 Å². The molecule has 21 heavy (non-hydrogen) atoms. The van der Waals surface area contributed by atoms with Crippen LogP contribution < -0.4 is 5.32 Å². The Bertz CT molecular complexity index is 667. The summed E-state index contributed by atoms with van der Waals surface area (Å²) in [4.78, 5) is 4.70. The summed E-state index contributed by atoms with van der Waals surface area (Å²) in [5.74, 6) is 0.751. The Balaban J connectivity index is 2.03. The number of nitrogens with one attached hydrogen (secondary N) is 1. The van der Waals surface area contributed by atoms with Gasteiger partial charge in [0.15, 0.2) is 0 Å². The molecule has 1 unspecified atom stereocenters. The molecule has 1 aliphatic heterocycles. The first kappa shape index (κ1) is 14.1. The average Bonchev–Trinajstić information content (AvgIpc) is 2.86. The molecule has 0 fully saturated rings. The van der Waals surface area contributed by atoms with Crippen LogP contribution in [0.15, 0.2) is 24.4 Å². The summed E-state index contributed by atoms with van der Waals surface area (Å²) in [6.45, 7) is 9.12. The van der Waals surface area contributed by atoms with Crippen molar-refractivity contribution < 1.29 is 4.39 Å². The van der Waals surface area contributed by atoms with Crippen molar-refractivity contribution in [1.29, 1.82) is 0 Å². The van der Waals surface area contributed by atoms with Crippen molar-refractivity contribution in [1.82, 2.24) is 9.55 Å². The number of benzene rings is 1. The van der Waals surface area contributed by atoms with E-state index in [0.29, 0.717) is 5.56 Å². The quantitative estimate of drug-likeness (QED) is 0.858. The molecule has 3 rings (SSSR count). The van der Waals surface area contributed by atoms with Crippen LogP contribution in [-0.4, -0.2) is 16.1 Å². The number of aryl methyl sites for hydroxylation is 1. The van der Waals surface area contributed by atoms with Gasteiger partial charge < -0.3 is 9.88 Å². The largest absolute Gasteiger partial charge is 0.356 e. The second-order valence-corrected chi connectivity index (χ2v) is 6.85. The lowest BCUT2D eigenvalue weighted by atomic mass is 9.93. The molecule has 0 bridgehead atoms. The molecular formula is C17H22FN3. The zero-order chi connectivity index (χ0) is 15.2. The summed E-state index contributed by atoms with van der Waals surface area (Å²) in [6, 6.07) is 5.69. The Morgan fingerprint density at radius 3 is 2.76 bits per heavy atom. The molecule has 1 N–H and O–H groups in total. The third-order valence-corrected chi connectivity index (χ3v) is 4.12. The number of hydrogen-bond acceptors (Lipinski definition) is 2. The van der Waals surface area contributed by atoms with Crippen LogP contribution >= 0.6 is 0 Å². The van der Waals surface area contributed by atoms with Gasteiger partial charge in [-0.1, -0.05) is 32.9 Å². The van der Waals surface area contributed by atoms with Crippen molar-refractivity contribution in [2.75, 3.05) is 11.9 Å². The summed E-state index contributed by atoms with van der Waals surface area (Å²) in [5, 5.41) is 3.34. The maximum absolute atomic E-state index is 13.9. The number of halogens is 1. The van der Waals surface area contributed by atoms with Gasteiger partial charge in [0, 0.05) is 18.2 Å². The van der Waals surface area contributed by atoms with Crippen LogP contribution in [0.3, 0.4) is 0 Å². The topological polar surface area (TPSA) is 29.9 Å². The lowest BCUT2D eigenvalue weighted by molar-refractivity contribution is 0.521. The van der Waals surface area contributed by atoms with Crippen molar-refractivity contribution in [2.24, 2.45) is 0 Å². The highest BCUT2D eigenvalue weighted by molar-refractivity contribution is 5.38. The maximum Gasteiger partial charge on any atom is 0.203 e. The number of anilines is 1. The molecule has 1 atom stereocenters. The number of aromatic nitrogens is 2. The van der Waals surface area contributed by atoms with Gasteiger partial charge in [0.1, 0.15) is 5.82 Å². The maximum atomic E-state index is 13.9. The van der Waals surface area contributed by atoms with Crippen LogP contribution in [0, 0.1) is 12.7 Å². The standard InChI is InChI=1S/C17H22FN3/c1-11-5-6-12(9-13(11)18)14-7-8-19-16-20-15(10-21(14)16)17(2,3)4/h5-6,9-10,14H,7-8H2,1-4H3,(H,19,20). The van der Waals surface area contributed by atoms with Gasteiger partial charge in [-0.25, -0.2) is 9.37 Å². The molecule has 1 aromatic heterocycles. The van der Waals surface area contributed by atoms with Crippen LogP contribution in [0.2, 0.25) is 0 Å². The first-order valence-corrected chi connectivity index (χ1v) is 7.45. The zero-order valence-corrected chi connectivity index (χ0v) is 13.1. The van der Waals surface area contributed by atoms with Crippen molar-refractivity contribution >= 4 is 5.95 Å². The molecule has 0 saturated carbocycles. The van der Waals surface area contributed by atoms with E-state index in [4.69, 9.17) is 4.98 Å². The average molecular weight is 287 g/mol. The van der Waals surface area contributed by atoms with Crippen molar-refractivity contribution in [3.63, 3.8) is 0 Å². The Kier molecular flexibility index (Phi) is 3.27. The smallest absolute Gasteiger partial charge is 0.203 e. The normalized spacial score (nSPS) is 18.2. The highest BCUT2D eigenvalue weighted by atomic mass is 19.1. The van der Waals surface area contributed by atoms with Gasteiger partial charge in [-0.05, 0) is 30.5 Å². The van der Waals surface area contributed by atoms with Gasteiger partial charge >= 0.3 is 0 Å². The number of imidazole rings is 1. The van der Waals surface area contributed by atoms with E-state index in [1.54, 1.807) is 13.0 Å². The van der Waals surface area contributed by atoms with E-state index in [2.05, 4.69) is 36.9 Å². The highest BCUT2D eigenvalue weighted by Gasteiger charge is 2.26. The molecule has 4 heteroatoms. The third-order valence-electron chi connectivity index (χ3n) is 4.12. The van der Waals surface area contributed by atoms with Crippen LogP contribution in [0.5, 0.6) is 0 Å². The van der Waals surface area contributed by atoms with Crippen LogP contribution in [0.4, 0.5) is 10.3 Å². The number of nitrogens with zero attached hydrogens (tertiary/aromatic N) is 2. The van der Waals surface area contributed by atoms with E-state index in [1.165, 1.54) is 0 Å². The van der Waals surface area contributed by atoms with Crippen molar-refractivity contribution in [2.45, 2.75) is 45.6 Å². The van der Waals surface area contributed by atoms with Gasteiger partial charge in [0.2, 0.25) is 5.95 Å². The molecule has 112 valence electrons. The zero-order valence-electron chi connectivity index (χ0n) is 13.1. The first-order chi connectivity index (χ1) is 9.86. The van der Waals surface area contributed by atoms with E-state index in [9.17, 15) is 4.39 Å². The summed E-state index contributed by atoms with van der Waals surface area (Å²) in [6.07, 6.45) is 3.04. The van der Waals surface area contributed by atoms with E-state index < -0.39 is 0 Å². The van der Waals surface area contributed by atoms with Crippen molar-refractivity contribution in [3.8, 4) is 0 Å². The monoisotopic (exact) mass is 287 g/mol. The number of fused-ring (bicyclic) bond motifs is 1. The molecule has 2 aromatic rings. The van der Waals surface area contributed by atoms with E-state index in [-0.39, 0.29) is 17.3 Å². The fourth-order valence-electron chi connectivity index (χ4n) is 2.73. The summed E-state index contributed by atoms with van der Waals surface area (Å²) in [7, 11) is 0. The number of hydrogen-bond donors (Lipinski definition) is 1. The molecule has 3 nitrogen and oxygen atoms in total. The fraction of sp³-hybridized carbons (Fsp3) is 0.471. The van der Waals surface area contributed by atoms with Crippen LogP contribution in [-0.2, 0) is 5.41 Å². The minimum atomic E-state index is -0.135. The molecule has 0 radical (unpaired) electrons. The molecule has 0 saturated heterocycles. The lowest BCUT2D eigenvalue weighted by Gasteiger charge is -2.26. The summed E-state index contributed by atoms with van der Waals surface area (Å²) >= 11 is 0. The van der Waals surface area contributed by atoms with Crippen molar-refractivity contribution in [3.05, 3.63) is 47.0 Å². The molecule has 1 aliphatic rings. The SMILES string of the molecule is Cc1ccc(C2CCNc3nc(C(C)(C)C)cn32)cc1F. The predicted octanol–water partition coefficient (Wildman–Crippen LogP) is 4.03. The molecule has 1 aromatic carbocycles. The minimum absolute atomic E-state index is 0.00902. The fourth-order valence-corrected chi connectivity index (χ4v) is 2.73. The Hall–Kier alpha value is -1.84. The molecule has 0 aliphatic carbocycles. The highest BCUT2D eigenvalue weighted by Crippen LogP contribution is 2.33. The summed E-state index contributed by atoms with van der Waals surface area (Å²) in [5.41, 5.74) is 2.77. The van der Waals surface area contributed by atoms with E-state index in [1.807, 2.05) is 12.1 Å². The van der Waals surface area contributed by atoms with E-state index >= 15 is 0 Å². The molecule has 2 heterocycles. The second kappa shape index (κ2) is 4.86. The molecule has 0 spiro atoms. The molecular weight excluding hydrogens is 265 g/mol. The third kappa shape index (κ3) is 2.55. The van der Waals surface area contributed by atoms with Gasteiger partial charge in [0.05, 0.1) is 11.7 Å². The Morgan fingerprint density at radius 1 is 1.33 bits per heavy atom. The summed E-state index contributed by atoms with van der Waals surface area (Å²) < 4.78 is 16.0. The van der Waals surface area contributed by atoms with Crippen LogP contribution in [0.1, 0.15) is 50.1 Å². The van der Waals surface area contributed by atoms with Crippen LogP contribution in [0.25, 0.3) is 0 Å². The van der Waals surface area contributed by atoms with Gasteiger partial charge in [0.25, 0.3) is 0 Å². The first-order valence-electron chi connectivity index (χ1n) is 7.45. The number of rotatable bonds is 1. The second-order valence-electron chi connectivity index (χ2n) is 6.85. The van der Waals surface area contributed by atoms with Gasteiger partial charge in [-0.3, -0.25) is 0 Å². The molecule has 0 amide bonds.